The molecule has 7 nitrogen and oxygen atoms in total. The van der Waals surface area contributed by atoms with Gasteiger partial charge >= 0.3 is 0 Å². The Morgan fingerprint density at radius 2 is 1.86 bits per heavy atom. The van der Waals surface area contributed by atoms with Crippen LogP contribution in [0.15, 0.2) is 0 Å². The molecule has 2 bridgehead atoms. The van der Waals surface area contributed by atoms with E-state index in [1.807, 2.05) is 6.92 Å². The average Bonchev–Trinajstić information content (AvgIpc) is 3.12. The molecule has 3 aliphatic carbocycles. The minimum absolute atomic E-state index is 0.0295. The highest BCUT2D eigenvalue weighted by Crippen LogP contribution is 2.78. The summed E-state index contributed by atoms with van der Waals surface area (Å²) in [7, 11) is -0.269. The summed E-state index contributed by atoms with van der Waals surface area (Å²) in [5.74, 6) is -1.26. The maximum absolute atomic E-state index is 12.1. The molecule has 0 aromatic rings. The maximum atomic E-state index is 12.1. The van der Waals surface area contributed by atoms with Crippen LogP contribution in [0.4, 0.5) is 0 Å². The predicted octanol–water partition coefficient (Wildman–Crippen LogP) is 2.40. The summed E-state index contributed by atoms with van der Waals surface area (Å²) >= 11 is 0. The van der Waals surface area contributed by atoms with Gasteiger partial charge < -0.3 is 18.9 Å². The van der Waals surface area contributed by atoms with Gasteiger partial charge in [-0.3, -0.25) is 4.18 Å². The van der Waals surface area contributed by atoms with Gasteiger partial charge in [0.1, 0.15) is 0 Å². The third kappa shape index (κ3) is 2.42. The average molecular weight is 419 g/mol. The van der Waals surface area contributed by atoms with Crippen molar-refractivity contribution in [2.45, 2.75) is 64.3 Å². The van der Waals surface area contributed by atoms with Crippen LogP contribution < -0.4 is 0 Å². The van der Waals surface area contributed by atoms with Gasteiger partial charge in [0, 0.05) is 44.5 Å². The van der Waals surface area contributed by atoms with Gasteiger partial charge in [0.2, 0.25) is 0 Å². The van der Waals surface area contributed by atoms with Crippen LogP contribution in [0.2, 0.25) is 0 Å². The highest BCUT2D eigenvalue weighted by atomic mass is 32.2. The smallest absolute Gasteiger partial charge is 0.264 e. The Bertz CT molecular complexity index is 733. The van der Waals surface area contributed by atoms with Gasteiger partial charge in [-0.05, 0) is 25.2 Å². The predicted molar refractivity (Wildman–Crippen MR) is 102 cm³/mol. The summed E-state index contributed by atoms with van der Waals surface area (Å²) in [5, 5.41) is 0. The van der Waals surface area contributed by atoms with Crippen molar-refractivity contribution in [2.75, 3.05) is 27.1 Å². The minimum Gasteiger partial charge on any atom is -0.352 e. The van der Waals surface area contributed by atoms with Crippen molar-refractivity contribution < 1.29 is 31.5 Å². The Morgan fingerprint density at radius 1 is 1.21 bits per heavy atom. The van der Waals surface area contributed by atoms with Crippen LogP contribution in [0.3, 0.4) is 0 Å². The summed E-state index contributed by atoms with van der Waals surface area (Å²) in [6.07, 6.45) is 1.92. The van der Waals surface area contributed by atoms with Crippen LogP contribution in [0.1, 0.15) is 40.5 Å². The van der Waals surface area contributed by atoms with Crippen molar-refractivity contribution in [3.63, 3.8) is 0 Å². The van der Waals surface area contributed by atoms with Crippen molar-refractivity contribution in [3.05, 3.63) is 0 Å². The summed E-state index contributed by atoms with van der Waals surface area (Å²) in [4.78, 5) is 0. The van der Waals surface area contributed by atoms with Gasteiger partial charge in [0.25, 0.3) is 10.1 Å². The molecular weight excluding hydrogens is 384 g/mol. The minimum atomic E-state index is -3.60. The van der Waals surface area contributed by atoms with Gasteiger partial charge in [-0.15, -0.1) is 0 Å². The molecule has 0 spiro atoms. The Hall–Kier alpha value is -0.250. The highest BCUT2D eigenvalue weighted by Gasteiger charge is 2.87. The molecule has 3 saturated carbocycles. The van der Waals surface area contributed by atoms with E-state index in [2.05, 4.69) is 20.8 Å². The molecule has 0 aromatic heterocycles. The first-order chi connectivity index (χ1) is 13.0. The van der Waals surface area contributed by atoms with Crippen LogP contribution in [0.25, 0.3) is 0 Å². The molecule has 1 heterocycles. The van der Waals surface area contributed by atoms with Crippen LogP contribution in [0.5, 0.6) is 0 Å². The fourth-order valence-electron chi connectivity index (χ4n) is 7.30. The van der Waals surface area contributed by atoms with E-state index in [0.717, 1.165) is 6.26 Å². The van der Waals surface area contributed by atoms with Gasteiger partial charge in [0.05, 0.1) is 24.4 Å². The molecule has 0 unspecified atom stereocenters. The summed E-state index contributed by atoms with van der Waals surface area (Å²) < 4.78 is 55.1. The van der Waals surface area contributed by atoms with Gasteiger partial charge in [-0.25, -0.2) is 0 Å². The molecule has 0 amide bonds. The summed E-state index contributed by atoms with van der Waals surface area (Å²) in [6, 6.07) is 0. The molecule has 4 rings (SSSR count). The first kappa shape index (κ1) is 21.0. The summed E-state index contributed by atoms with van der Waals surface area (Å²) in [5.41, 5.74) is -0.438. The zero-order valence-corrected chi connectivity index (χ0v) is 18.7. The lowest BCUT2D eigenvalue weighted by molar-refractivity contribution is -0.285. The van der Waals surface area contributed by atoms with E-state index in [0.29, 0.717) is 25.4 Å². The van der Waals surface area contributed by atoms with E-state index >= 15 is 0 Å². The number of ether oxygens (including phenoxy) is 4. The van der Waals surface area contributed by atoms with Crippen molar-refractivity contribution in [1.82, 2.24) is 0 Å². The second-order valence-electron chi connectivity index (χ2n) is 9.52. The number of methoxy groups -OCH3 is 2. The second-order valence-corrected chi connectivity index (χ2v) is 11.1. The lowest BCUT2D eigenvalue weighted by Crippen LogP contribution is -2.56. The molecule has 0 aromatic carbocycles. The Morgan fingerprint density at radius 3 is 2.36 bits per heavy atom. The normalized spacial score (nSPS) is 48.6. The topological polar surface area (TPSA) is 80.3 Å². The molecule has 28 heavy (non-hydrogen) atoms. The summed E-state index contributed by atoms with van der Waals surface area (Å²) in [6.45, 7) is 8.97. The van der Waals surface area contributed by atoms with E-state index in [9.17, 15) is 8.42 Å². The van der Waals surface area contributed by atoms with Crippen LogP contribution >= 0.6 is 0 Å². The second kappa shape index (κ2) is 6.37. The number of rotatable bonds is 7. The molecule has 8 atom stereocenters. The monoisotopic (exact) mass is 418 g/mol. The zero-order valence-electron chi connectivity index (χ0n) is 17.9. The SMILES string of the molecule is CCO[C@]12C[C@@H]3C(OC)(OC)[C@H]1[C@@H]1[C@H](O2)[C@H](C(C)C)C[C@H](OS(C)(=O)=O)[C@@]13C. The molecule has 1 aliphatic heterocycles. The molecule has 4 fully saturated rings. The third-order valence-electron chi connectivity index (χ3n) is 8.18. The lowest BCUT2D eigenvalue weighted by atomic mass is 9.55. The van der Waals surface area contributed by atoms with Gasteiger partial charge in [0.15, 0.2) is 11.6 Å². The molecule has 8 heteroatoms. The van der Waals surface area contributed by atoms with Crippen LogP contribution in [-0.4, -0.2) is 59.3 Å². The third-order valence-corrected chi connectivity index (χ3v) is 8.76. The van der Waals surface area contributed by atoms with Crippen molar-refractivity contribution >= 4 is 10.1 Å². The number of hydrogen-bond donors (Lipinski definition) is 0. The molecular formula is C20H34O7S. The fourth-order valence-corrected chi connectivity index (χ4v) is 8.00. The van der Waals surface area contributed by atoms with Crippen LogP contribution in [0, 0.1) is 35.0 Å². The first-order valence-corrected chi connectivity index (χ1v) is 12.1. The van der Waals surface area contributed by atoms with Crippen molar-refractivity contribution in [1.29, 1.82) is 0 Å². The molecule has 0 radical (unpaired) electrons. The van der Waals surface area contributed by atoms with Gasteiger partial charge in [-0.2, -0.15) is 8.42 Å². The molecule has 4 aliphatic rings. The van der Waals surface area contributed by atoms with E-state index in [-0.39, 0.29) is 29.8 Å². The fraction of sp³-hybridized carbons (Fsp3) is 1.00. The van der Waals surface area contributed by atoms with E-state index in [1.54, 1.807) is 14.2 Å². The van der Waals surface area contributed by atoms with E-state index in [4.69, 9.17) is 23.1 Å². The Kier molecular flexibility index (Phi) is 4.78. The molecule has 1 saturated heterocycles. The van der Waals surface area contributed by atoms with Gasteiger partial charge in [-0.1, -0.05) is 20.8 Å². The van der Waals surface area contributed by atoms with E-state index in [1.165, 1.54) is 0 Å². The largest absolute Gasteiger partial charge is 0.352 e. The lowest BCUT2D eigenvalue weighted by Gasteiger charge is -2.51. The maximum Gasteiger partial charge on any atom is 0.264 e. The quantitative estimate of drug-likeness (QED) is 0.464. The Balaban J connectivity index is 1.88. The Labute approximate surface area is 168 Å². The zero-order chi connectivity index (χ0) is 20.7. The number of hydrogen-bond acceptors (Lipinski definition) is 7. The first-order valence-electron chi connectivity index (χ1n) is 10.3. The standard InChI is InChI=1S/C20H34O7S/c1-8-25-19-10-13-18(4)14(27-28(7,21)22)9-12(11(2)3)16(26-19)15(18)17(19)20(13,23-5)24-6/h11-17H,8-10H2,1-7H3/t12-,13-,14-,15-,16+,17-,18-,19-/m0/s1. The van der Waals surface area contributed by atoms with E-state index < -0.39 is 33.2 Å². The molecule has 162 valence electrons. The molecule has 0 N–H and O–H groups in total. The highest BCUT2D eigenvalue weighted by molar-refractivity contribution is 7.86. The van der Waals surface area contributed by atoms with Crippen LogP contribution in [-0.2, 0) is 33.2 Å². The van der Waals surface area contributed by atoms with Crippen molar-refractivity contribution in [3.8, 4) is 0 Å². The van der Waals surface area contributed by atoms with Crippen molar-refractivity contribution in [2.24, 2.45) is 35.0 Å². The number of fused-ring (bicyclic) bond motifs is 2.